The molecule has 11 heteroatoms. The first-order chi connectivity index (χ1) is 21.6. The maximum Gasteiger partial charge on any atom is 0.246 e. The van der Waals surface area contributed by atoms with Crippen LogP contribution in [-0.2, 0) is 28.8 Å². The van der Waals surface area contributed by atoms with Gasteiger partial charge in [0.25, 0.3) is 0 Å². The molecular formula is C35H47ClN4O6. The number of hydrogen-bond donors (Lipinski definition) is 2. The van der Waals surface area contributed by atoms with E-state index in [4.69, 9.17) is 16.4 Å². The summed E-state index contributed by atoms with van der Waals surface area (Å²) in [4.78, 5) is 75.4. The van der Waals surface area contributed by atoms with Crippen LogP contribution in [0.3, 0.4) is 0 Å². The van der Waals surface area contributed by atoms with Gasteiger partial charge in [0.2, 0.25) is 29.3 Å². The van der Waals surface area contributed by atoms with Crippen molar-refractivity contribution in [2.75, 3.05) is 6.54 Å². The molecule has 4 atom stereocenters. The summed E-state index contributed by atoms with van der Waals surface area (Å²) in [6.45, 7) is 9.46. The molecule has 2 heterocycles. The van der Waals surface area contributed by atoms with E-state index in [0.717, 1.165) is 37.7 Å². The predicted molar refractivity (Wildman–Crippen MR) is 174 cm³/mol. The fraction of sp³-hybridized carbons (Fsp3) is 0.657. The third-order valence-corrected chi connectivity index (χ3v) is 10.3. The number of halogens is 1. The lowest BCUT2D eigenvalue weighted by Gasteiger charge is -2.36. The van der Waals surface area contributed by atoms with E-state index in [2.05, 4.69) is 15.8 Å². The molecule has 1 aromatic carbocycles. The second kappa shape index (κ2) is 13.1. The highest BCUT2D eigenvalue weighted by Gasteiger charge is 2.56. The van der Waals surface area contributed by atoms with Crippen LogP contribution in [0.15, 0.2) is 29.4 Å². The lowest BCUT2D eigenvalue weighted by atomic mass is 9.80. The highest BCUT2D eigenvalue weighted by molar-refractivity contribution is 6.39. The summed E-state index contributed by atoms with van der Waals surface area (Å²) < 4.78 is 0. The molecule has 1 spiro atoms. The van der Waals surface area contributed by atoms with Crippen molar-refractivity contribution in [3.63, 3.8) is 0 Å². The van der Waals surface area contributed by atoms with E-state index < -0.39 is 57.9 Å². The molecule has 2 saturated carbocycles. The fourth-order valence-electron chi connectivity index (χ4n) is 6.57. The van der Waals surface area contributed by atoms with Crippen molar-refractivity contribution in [1.82, 2.24) is 15.5 Å². The Bertz CT molecular complexity index is 1430. The van der Waals surface area contributed by atoms with Gasteiger partial charge in [0.1, 0.15) is 12.1 Å². The van der Waals surface area contributed by atoms with E-state index in [-0.39, 0.29) is 31.2 Å². The molecule has 2 aliphatic heterocycles. The summed E-state index contributed by atoms with van der Waals surface area (Å²) in [7, 11) is 0. The van der Waals surface area contributed by atoms with Crippen molar-refractivity contribution < 1.29 is 28.8 Å². The third kappa shape index (κ3) is 7.32. The fourth-order valence-corrected chi connectivity index (χ4v) is 6.76. The molecular weight excluding hydrogens is 608 g/mol. The number of oxime groups is 1. The van der Waals surface area contributed by atoms with Crippen LogP contribution in [0.25, 0.3) is 0 Å². The Morgan fingerprint density at radius 3 is 2.43 bits per heavy atom. The first-order valence-electron chi connectivity index (χ1n) is 16.6. The second-order valence-electron chi connectivity index (χ2n) is 15.2. The molecule has 250 valence electrons. The van der Waals surface area contributed by atoms with Gasteiger partial charge in [-0.3, -0.25) is 24.0 Å². The zero-order valence-corrected chi connectivity index (χ0v) is 28.4. The Hall–Kier alpha value is -3.27. The molecule has 5 rings (SSSR count). The molecule has 1 aromatic rings. The molecule has 4 aliphatic rings. The average Bonchev–Trinajstić information content (AvgIpc) is 3.43. The summed E-state index contributed by atoms with van der Waals surface area (Å²) in [5, 5.41) is 10.7. The quantitative estimate of drug-likeness (QED) is 0.313. The molecule has 0 radical (unpaired) electrons. The number of nitrogens with one attached hydrogen (secondary N) is 2. The summed E-state index contributed by atoms with van der Waals surface area (Å²) in [6.07, 6.45) is 6.02. The highest BCUT2D eigenvalue weighted by Crippen LogP contribution is 2.46. The molecule has 2 N–H and O–H groups in total. The molecule has 0 bridgehead atoms. The van der Waals surface area contributed by atoms with Gasteiger partial charge in [-0.15, -0.1) is 0 Å². The monoisotopic (exact) mass is 654 g/mol. The van der Waals surface area contributed by atoms with Crippen LogP contribution in [0.4, 0.5) is 0 Å². The summed E-state index contributed by atoms with van der Waals surface area (Å²) in [6, 6.07) is 4.36. The van der Waals surface area contributed by atoms with Crippen molar-refractivity contribution in [3.8, 4) is 0 Å². The second-order valence-corrected chi connectivity index (χ2v) is 15.6. The first-order valence-corrected chi connectivity index (χ1v) is 17.0. The summed E-state index contributed by atoms with van der Waals surface area (Å²) in [5.41, 5.74) is -0.720. The van der Waals surface area contributed by atoms with Gasteiger partial charge >= 0.3 is 0 Å². The molecule has 1 saturated heterocycles. The zero-order valence-electron chi connectivity index (χ0n) is 27.6. The minimum absolute atomic E-state index is 0.0597. The van der Waals surface area contributed by atoms with Crippen LogP contribution in [0.2, 0.25) is 5.02 Å². The number of carbonyl (C=O) groups excluding carboxylic acids is 5. The van der Waals surface area contributed by atoms with Gasteiger partial charge < -0.3 is 20.4 Å². The Balaban J connectivity index is 1.40. The summed E-state index contributed by atoms with van der Waals surface area (Å²) >= 11 is 6.23. The Kier molecular flexibility index (Phi) is 9.69. The maximum absolute atomic E-state index is 14.4. The number of nitrogens with zero attached hydrogens (tertiary/aromatic N) is 2. The lowest BCUT2D eigenvalue weighted by molar-refractivity contribution is -0.145. The molecule has 46 heavy (non-hydrogen) atoms. The molecule has 2 aliphatic carbocycles. The van der Waals surface area contributed by atoms with E-state index in [9.17, 15) is 24.0 Å². The molecule has 3 amide bonds. The number of Topliss-reactive ketones (excluding diaryl/α,β-unsaturated/α-hetero) is 2. The normalized spacial score (nSPS) is 24.8. The van der Waals surface area contributed by atoms with Gasteiger partial charge in [-0.25, -0.2) is 0 Å². The highest BCUT2D eigenvalue weighted by atomic mass is 35.5. The van der Waals surface area contributed by atoms with Crippen molar-refractivity contribution in [2.45, 2.75) is 123 Å². The Labute approximate surface area is 276 Å². The Morgan fingerprint density at radius 1 is 1.13 bits per heavy atom. The van der Waals surface area contributed by atoms with Crippen LogP contribution in [0.5, 0.6) is 0 Å². The third-order valence-electron chi connectivity index (χ3n) is 10.1. The SMILES string of the molecule is CCC[C@H](NC(=O)[C@@H]1C[C@]2(CC(c3cccc(Cl)c3)=NO2)CN1C(=O)[C@@H](NC(=O)C1(C)CC1)C(C)(C)C)C(=O)C(=O)CC1CCC1. The Morgan fingerprint density at radius 2 is 1.85 bits per heavy atom. The standard InChI is InChI=1S/C35H47ClN4O6/c1-6-9-24(28(42)27(41)16-21-10-7-11-21)37-30(43)26-19-35(18-25(39-46-35)22-12-8-13-23(36)17-22)20-40(26)31(44)29(33(2,3)4)38-32(45)34(5)14-15-34/h8,12-13,17,21,24,26,29H,6-7,9-11,14-16,18-20H2,1-5H3,(H,37,43)(H,38,45)/t24-,26-,29+,35+/m0/s1. The first kappa shape index (κ1) is 34.1. The van der Waals surface area contributed by atoms with Crippen LogP contribution >= 0.6 is 11.6 Å². The number of hydrogen-bond acceptors (Lipinski definition) is 7. The number of ketones is 2. The van der Waals surface area contributed by atoms with Gasteiger partial charge in [-0.2, -0.15) is 0 Å². The summed E-state index contributed by atoms with van der Waals surface area (Å²) in [5.74, 6) is -1.93. The smallest absolute Gasteiger partial charge is 0.246 e. The van der Waals surface area contributed by atoms with Gasteiger partial charge in [0, 0.05) is 35.3 Å². The maximum atomic E-state index is 14.4. The minimum atomic E-state index is -1.01. The number of carbonyl (C=O) groups is 5. The number of benzene rings is 1. The topological polar surface area (TPSA) is 134 Å². The van der Waals surface area contributed by atoms with Gasteiger partial charge in [0.15, 0.2) is 5.60 Å². The number of likely N-dealkylation sites (tertiary alicyclic amines) is 1. The predicted octanol–water partition coefficient (Wildman–Crippen LogP) is 4.75. The van der Waals surface area contributed by atoms with E-state index in [1.54, 1.807) is 12.1 Å². The average molecular weight is 655 g/mol. The van der Waals surface area contributed by atoms with E-state index in [1.807, 2.05) is 46.8 Å². The number of rotatable bonds is 12. The zero-order chi connectivity index (χ0) is 33.4. The lowest BCUT2D eigenvalue weighted by Crippen LogP contribution is -2.59. The van der Waals surface area contributed by atoms with Crippen LogP contribution in [0, 0.1) is 16.7 Å². The molecule has 10 nitrogen and oxygen atoms in total. The largest absolute Gasteiger partial charge is 0.387 e. The van der Waals surface area contributed by atoms with E-state index in [0.29, 0.717) is 30.0 Å². The van der Waals surface area contributed by atoms with Crippen LogP contribution in [-0.4, -0.2) is 70.2 Å². The van der Waals surface area contributed by atoms with Crippen LogP contribution in [0.1, 0.15) is 104 Å². The van der Waals surface area contributed by atoms with Crippen LogP contribution < -0.4 is 10.6 Å². The van der Waals surface area contributed by atoms with E-state index >= 15 is 0 Å². The van der Waals surface area contributed by atoms with Gasteiger partial charge in [0.05, 0.1) is 18.3 Å². The van der Waals surface area contributed by atoms with Gasteiger partial charge in [-0.05, 0) is 55.6 Å². The van der Waals surface area contributed by atoms with Crippen molar-refractivity contribution in [3.05, 3.63) is 34.9 Å². The van der Waals surface area contributed by atoms with Crippen molar-refractivity contribution >= 4 is 46.6 Å². The van der Waals surface area contributed by atoms with E-state index in [1.165, 1.54) is 4.90 Å². The molecule has 0 aromatic heterocycles. The van der Waals surface area contributed by atoms with Gasteiger partial charge in [-0.1, -0.05) is 76.3 Å². The molecule has 0 unspecified atom stereocenters. The molecule has 3 fully saturated rings. The minimum Gasteiger partial charge on any atom is -0.387 e. The van der Waals surface area contributed by atoms with Crippen molar-refractivity contribution in [2.24, 2.45) is 21.9 Å². The van der Waals surface area contributed by atoms with Crippen molar-refractivity contribution in [1.29, 1.82) is 0 Å². The number of amides is 3.